The van der Waals surface area contributed by atoms with Gasteiger partial charge in [0.2, 0.25) is 5.91 Å². The molecule has 1 saturated heterocycles. The number of amides is 2. The molecule has 3 rings (SSSR count). The fourth-order valence-corrected chi connectivity index (χ4v) is 4.24. The van der Waals surface area contributed by atoms with Gasteiger partial charge >= 0.3 is 6.18 Å². The van der Waals surface area contributed by atoms with Crippen molar-refractivity contribution in [2.75, 3.05) is 33.8 Å². The summed E-state index contributed by atoms with van der Waals surface area (Å²) in [7, 11) is 3.78. The molecule has 172 valence electrons. The van der Waals surface area contributed by atoms with Crippen LogP contribution in [0.25, 0.3) is 0 Å². The Morgan fingerprint density at radius 3 is 2.35 bits per heavy atom. The fraction of sp³-hybridized carbons (Fsp3) is 0.636. The smallest absolute Gasteiger partial charge is 0.353 e. The Morgan fingerprint density at radius 1 is 1.19 bits per heavy atom. The van der Waals surface area contributed by atoms with Crippen LogP contribution in [-0.2, 0) is 15.7 Å². The number of carbonyl (C=O) groups is 2. The third kappa shape index (κ3) is 5.20. The second-order valence-corrected chi connectivity index (χ2v) is 8.80. The van der Waals surface area contributed by atoms with Gasteiger partial charge in [-0.3, -0.25) is 14.5 Å². The lowest BCUT2D eigenvalue weighted by atomic mass is 9.83. The molecular formula is C22H30F3N3O3. The molecule has 1 heterocycles. The van der Waals surface area contributed by atoms with E-state index in [2.05, 4.69) is 12.2 Å². The van der Waals surface area contributed by atoms with Gasteiger partial charge in [0.05, 0.1) is 12.2 Å². The second-order valence-electron chi connectivity index (χ2n) is 8.80. The maximum Gasteiger partial charge on any atom is 0.416 e. The summed E-state index contributed by atoms with van der Waals surface area (Å²) in [6, 6.07) is 3.32. The Balaban J connectivity index is 1.85. The van der Waals surface area contributed by atoms with Crippen LogP contribution >= 0.6 is 0 Å². The summed E-state index contributed by atoms with van der Waals surface area (Å²) in [5.74, 6) is -0.295. The molecule has 1 aromatic carbocycles. The average molecular weight is 441 g/mol. The predicted molar refractivity (Wildman–Crippen MR) is 109 cm³/mol. The van der Waals surface area contributed by atoms with Gasteiger partial charge in [-0.1, -0.05) is 6.92 Å². The van der Waals surface area contributed by atoms with E-state index in [0.717, 1.165) is 25.0 Å². The minimum absolute atomic E-state index is 0.0779. The van der Waals surface area contributed by atoms with Crippen LogP contribution in [0.15, 0.2) is 24.3 Å². The van der Waals surface area contributed by atoms with Gasteiger partial charge in [0.25, 0.3) is 5.91 Å². The highest BCUT2D eigenvalue weighted by Crippen LogP contribution is 2.43. The van der Waals surface area contributed by atoms with Gasteiger partial charge in [0, 0.05) is 18.7 Å². The Kier molecular flexibility index (Phi) is 6.95. The predicted octanol–water partition coefficient (Wildman–Crippen LogP) is 3.13. The number of hydrogen-bond acceptors (Lipinski definition) is 4. The Morgan fingerprint density at radius 2 is 1.81 bits per heavy atom. The zero-order valence-corrected chi connectivity index (χ0v) is 18.2. The van der Waals surface area contributed by atoms with Crippen LogP contribution in [0.2, 0.25) is 0 Å². The molecule has 2 fully saturated rings. The summed E-state index contributed by atoms with van der Waals surface area (Å²) in [5, 5.41) is 2.85. The first-order valence-electron chi connectivity index (χ1n) is 10.6. The normalized spacial score (nSPS) is 26.5. The van der Waals surface area contributed by atoms with Crippen molar-refractivity contribution in [1.82, 2.24) is 15.1 Å². The van der Waals surface area contributed by atoms with Crippen molar-refractivity contribution < 1.29 is 27.5 Å². The Labute approximate surface area is 180 Å². The van der Waals surface area contributed by atoms with Crippen LogP contribution in [0.1, 0.15) is 48.5 Å². The molecule has 31 heavy (non-hydrogen) atoms. The van der Waals surface area contributed by atoms with Crippen molar-refractivity contribution >= 4 is 11.8 Å². The number of likely N-dealkylation sites (N-methyl/N-ethyl adjacent to an activating group) is 1. The Bertz CT molecular complexity index is 787. The summed E-state index contributed by atoms with van der Waals surface area (Å²) < 4.78 is 44.8. The highest BCUT2D eigenvalue weighted by molar-refractivity contribution is 5.98. The fourth-order valence-electron chi connectivity index (χ4n) is 4.24. The number of ether oxygens (including phenoxy) is 1. The molecule has 6 nitrogen and oxygen atoms in total. The highest BCUT2D eigenvalue weighted by Gasteiger charge is 2.53. The summed E-state index contributed by atoms with van der Waals surface area (Å²) in [6.45, 7) is 3.29. The summed E-state index contributed by atoms with van der Waals surface area (Å²) in [6.07, 6.45) is -1.57. The number of carbonyl (C=O) groups excluding carboxylic acids is 2. The number of benzene rings is 1. The van der Waals surface area contributed by atoms with E-state index >= 15 is 0 Å². The molecule has 2 amide bonds. The summed E-state index contributed by atoms with van der Waals surface area (Å²) >= 11 is 0. The van der Waals surface area contributed by atoms with Crippen molar-refractivity contribution in [2.24, 2.45) is 5.92 Å². The molecule has 0 radical (unpaired) electrons. The molecule has 0 bridgehead atoms. The topological polar surface area (TPSA) is 61.9 Å². The molecule has 9 heteroatoms. The van der Waals surface area contributed by atoms with E-state index in [-0.39, 0.29) is 18.1 Å². The first-order chi connectivity index (χ1) is 14.5. The average Bonchev–Trinajstić information content (AvgIpc) is 3.08. The largest absolute Gasteiger partial charge is 0.416 e. The maximum absolute atomic E-state index is 13.4. The number of rotatable bonds is 5. The number of hydrogen-bond donors (Lipinski definition) is 1. The number of halogens is 3. The van der Waals surface area contributed by atoms with Crippen LogP contribution in [0.3, 0.4) is 0 Å². The van der Waals surface area contributed by atoms with E-state index in [9.17, 15) is 22.8 Å². The van der Waals surface area contributed by atoms with Gasteiger partial charge in [0.15, 0.2) is 0 Å². The van der Waals surface area contributed by atoms with Gasteiger partial charge in [-0.05, 0) is 70.0 Å². The molecule has 1 aromatic rings. The lowest BCUT2D eigenvalue weighted by Crippen LogP contribution is -2.57. The van der Waals surface area contributed by atoms with Crippen LogP contribution in [-0.4, -0.2) is 67.2 Å². The molecule has 0 aromatic heterocycles. The molecule has 2 aliphatic rings. The van der Waals surface area contributed by atoms with Crippen molar-refractivity contribution in [3.63, 3.8) is 0 Å². The minimum atomic E-state index is -4.48. The van der Waals surface area contributed by atoms with Gasteiger partial charge < -0.3 is 15.0 Å². The second kappa shape index (κ2) is 9.16. The van der Waals surface area contributed by atoms with Gasteiger partial charge in [-0.15, -0.1) is 0 Å². The first-order valence-corrected chi connectivity index (χ1v) is 10.6. The third-order valence-electron chi connectivity index (χ3n) is 6.16. The van der Waals surface area contributed by atoms with E-state index < -0.39 is 29.4 Å². The van der Waals surface area contributed by atoms with Crippen molar-refractivity contribution in [3.8, 4) is 0 Å². The highest BCUT2D eigenvalue weighted by atomic mass is 19.4. The van der Waals surface area contributed by atoms with Crippen LogP contribution in [0.5, 0.6) is 0 Å². The monoisotopic (exact) mass is 441 g/mol. The number of nitrogens with zero attached hydrogens (tertiary/aromatic N) is 2. The summed E-state index contributed by atoms with van der Waals surface area (Å²) in [4.78, 5) is 29.7. The van der Waals surface area contributed by atoms with E-state index in [1.54, 1.807) is 0 Å². The SMILES string of the molecule is CC1CCC2(CC1)OCC(C(=O)NCCN(C)C)N2C(=O)c1ccc(C(F)(F)F)cc1. The van der Waals surface area contributed by atoms with Crippen molar-refractivity contribution in [2.45, 2.75) is 50.6 Å². The molecule has 1 N–H and O–H groups in total. The molecule has 1 saturated carbocycles. The van der Waals surface area contributed by atoms with E-state index in [0.29, 0.717) is 31.8 Å². The third-order valence-corrected chi connectivity index (χ3v) is 6.16. The first kappa shape index (κ1) is 23.5. The van der Waals surface area contributed by atoms with Crippen LogP contribution in [0.4, 0.5) is 13.2 Å². The molecule has 1 aliphatic carbocycles. The van der Waals surface area contributed by atoms with Crippen LogP contribution < -0.4 is 5.32 Å². The van der Waals surface area contributed by atoms with Gasteiger partial charge in [-0.2, -0.15) is 13.2 Å². The molecule has 1 spiro atoms. The zero-order chi connectivity index (χ0) is 22.8. The zero-order valence-electron chi connectivity index (χ0n) is 18.2. The quantitative estimate of drug-likeness (QED) is 0.763. The van der Waals surface area contributed by atoms with Crippen molar-refractivity contribution in [3.05, 3.63) is 35.4 Å². The Hall–Kier alpha value is -2.13. The number of alkyl halides is 3. The minimum Gasteiger partial charge on any atom is -0.353 e. The maximum atomic E-state index is 13.4. The lowest BCUT2D eigenvalue weighted by Gasteiger charge is -2.43. The number of nitrogens with one attached hydrogen (secondary N) is 1. The molecule has 1 aliphatic heterocycles. The van der Waals surface area contributed by atoms with Gasteiger partial charge in [-0.25, -0.2) is 0 Å². The van der Waals surface area contributed by atoms with E-state index in [1.165, 1.54) is 17.0 Å². The lowest BCUT2D eigenvalue weighted by molar-refractivity contribution is -0.137. The van der Waals surface area contributed by atoms with Crippen molar-refractivity contribution in [1.29, 1.82) is 0 Å². The van der Waals surface area contributed by atoms with E-state index in [4.69, 9.17) is 4.74 Å². The molecular weight excluding hydrogens is 411 g/mol. The van der Waals surface area contributed by atoms with E-state index in [1.807, 2.05) is 19.0 Å². The molecule has 1 unspecified atom stereocenters. The summed E-state index contributed by atoms with van der Waals surface area (Å²) in [5.41, 5.74) is -1.60. The molecule has 1 atom stereocenters. The van der Waals surface area contributed by atoms with Crippen LogP contribution in [0, 0.1) is 5.92 Å². The standard InChI is InChI=1S/C22H30F3N3O3/c1-15-8-10-21(11-9-15)28(18(14-31-21)19(29)26-12-13-27(2)3)20(30)16-4-6-17(7-5-16)22(23,24)25/h4-7,15,18H,8-14H2,1-3H3,(H,26,29). The van der Waals surface area contributed by atoms with Gasteiger partial charge in [0.1, 0.15) is 11.8 Å².